The van der Waals surface area contributed by atoms with Crippen LogP contribution >= 0.6 is 11.3 Å². The summed E-state index contributed by atoms with van der Waals surface area (Å²) in [5, 5.41) is 1.95. The molecule has 2 fully saturated rings. The number of morpholine rings is 1. The van der Waals surface area contributed by atoms with Crippen LogP contribution in [0, 0.1) is 5.92 Å². The van der Waals surface area contributed by atoms with E-state index in [1.54, 1.807) is 6.20 Å². The van der Waals surface area contributed by atoms with Gasteiger partial charge in [0.05, 0.1) is 30.2 Å². The Kier molecular flexibility index (Phi) is 4.49. The molecule has 24 heavy (non-hydrogen) atoms. The normalized spacial score (nSPS) is 26.2. The Morgan fingerprint density at radius 3 is 3.08 bits per heavy atom. The van der Waals surface area contributed by atoms with Crippen LogP contribution in [-0.4, -0.2) is 47.7 Å². The van der Waals surface area contributed by atoms with E-state index in [0.29, 0.717) is 31.6 Å². The summed E-state index contributed by atoms with van der Waals surface area (Å²) in [5.41, 5.74) is 0. The van der Waals surface area contributed by atoms with Gasteiger partial charge in [-0.05, 0) is 36.3 Å². The van der Waals surface area contributed by atoms with E-state index in [2.05, 4.69) is 4.98 Å². The summed E-state index contributed by atoms with van der Waals surface area (Å²) >= 11 is 1.50. The quantitative estimate of drug-likeness (QED) is 0.856. The van der Waals surface area contributed by atoms with Gasteiger partial charge >= 0.3 is 0 Å². The topological polar surface area (TPSA) is 51.7 Å². The summed E-state index contributed by atoms with van der Waals surface area (Å²) in [5.74, 6) is 1.17. The molecule has 126 valence electrons. The lowest BCUT2D eigenvalue weighted by Gasteiger charge is -2.37. The van der Waals surface area contributed by atoms with Gasteiger partial charge in [0.1, 0.15) is 0 Å². The van der Waals surface area contributed by atoms with Crippen molar-refractivity contribution in [2.75, 3.05) is 19.8 Å². The van der Waals surface area contributed by atoms with Crippen molar-refractivity contribution in [3.8, 4) is 5.88 Å². The average Bonchev–Trinajstić information content (AvgIpc) is 3.29. The number of thiophene rings is 1. The summed E-state index contributed by atoms with van der Waals surface area (Å²) < 4.78 is 11.7. The first-order valence-electron chi connectivity index (χ1n) is 8.31. The maximum Gasteiger partial charge on any atom is 0.264 e. The predicted octanol–water partition coefficient (Wildman–Crippen LogP) is 2.84. The molecule has 2 aliphatic rings. The monoisotopic (exact) mass is 344 g/mol. The van der Waals surface area contributed by atoms with Crippen LogP contribution in [-0.2, 0) is 4.74 Å². The zero-order valence-corrected chi connectivity index (χ0v) is 14.2. The van der Waals surface area contributed by atoms with E-state index >= 15 is 0 Å². The highest BCUT2D eigenvalue weighted by Crippen LogP contribution is 2.35. The molecule has 2 aromatic rings. The van der Waals surface area contributed by atoms with Gasteiger partial charge in [0, 0.05) is 18.8 Å². The maximum atomic E-state index is 12.7. The van der Waals surface area contributed by atoms with Gasteiger partial charge < -0.3 is 14.4 Å². The number of aromatic nitrogens is 1. The number of hydrogen-bond acceptors (Lipinski definition) is 5. The standard InChI is InChI=1S/C18H20N2O3S/c21-18(16-4-3-9-24-16)20-7-8-22-15-11-13(10-14(15)20)12-23-17-5-1-2-6-19-17/h1-6,9,13-15H,7-8,10-12H2/t13-,14-,15+/m0/s1. The summed E-state index contributed by atoms with van der Waals surface area (Å²) in [4.78, 5) is 19.7. The number of amides is 1. The molecule has 2 aromatic heterocycles. The van der Waals surface area contributed by atoms with Crippen molar-refractivity contribution in [1.29, 1.82) is 0 Å². The van der Waals surface area contributed by atoms with Gasteiger partial charge in [0.2, 0.25) is 5.88 Å². The van der Waals surface area contributed by atoms with Gasteiger partial charge in [0.15, 0.2) is 0 Å². The second kappa shape index (κ2) is 6.91. The first-order chi connectivity index (χ1) is 11.8. The molecule has 5 nitrogen and oxygen atoms in total. The minimum absolute atomic E-state index is 0.125. The molecule has 3 atom stereocenters. The van der Waals surface area contributed by atoms with Crippen LogP contribution in [0.1, 0.15) is 22.5 Å². The molecule has 0 N–H and O–H groups in total. The Bertz CT molecular complexity index is 677. The van der Waals surface area contributed by atoms with E-state index in [-0.39, 0.29) is 18.1 Å². The number of ether oxygens (including phenoxy) is 2. The molecule has 1 amide bonds. The number of carbonyl (C=O) groups excluding carboxylic acids is 1. The molecule has 6 heteroatoms. The lowest BCUT2D eigenvalue weighted by molar-refractivity contribution is -0.0447. The Balaban J connectivity index is 1.40. The smallest absolute Gasteiger partial charge is 0.264 e. The Hall–Kier alpha value is -1.92. The van der Waals surface area contributed by atoms with E-state index in [9.17, 15) is 4.79 Å². The van der Waals surface area contributed by atoms with E-state index < -0.39 is 0 Å². The molecule has 3 heterocycles. The summed E-state index contributed by atoms with van der Waals surface area (Å²) in [6.07, 6.45) is 3.72. The second-order valence-electron chi connectivity index (χ2n) is 6.27. The van der Waals surface area contributed by atoms with Crippen molar-refractivity contribution in [2.45, 2.75) is 25.0 Å². The van der Waals surface area contributed by atoms with Crippen LogP contribution in [0.2, 0.25) is 0 Å². The van der Waals surface area contributed by atoms with Gasteiger partial charge in [-0.3, -0.25) is 4.79 Å². The number of pyridine rings is 1. The SMILES string of the molecule is O=C(c1cccs1)N1CCO[C@@H]2C[C@@H](COc3ccccn3)C[C@@H]21. The fraction of sp³-hybridized carbons (Fsp3) is 0.444. The van der Waals surface area contributed by atoms with Crippen LogP contribution in [0.15, 0.2) is 41.9 Å². The van der Waals surface area contributed by atoms with Crippen molar-refractivity contribution >= 4 is 17.2 Å². The van der Waals surface area contributed by atoms with Crippen LogP contribution in [0.4, 0.5) is 0 Å². The molecular formula is C18H20N2O3S. The number of carbonyl (C=O) groups is 1. The minimum atomic E-state index is 0.125. The van der Waals surface area contributed by atoms with Crippen LogP contribution in [0.25, 0.3) is 0 Å². The molecule has 0 radical (unpaired) electrons. The predicted molar refractivity (Wildman–Crippen MR) is 91.3 cm³/mol. The van der Waals surface area contributed by atoms with Crippen LogP contribution in [0.5, 0.6) is 5.88 Å². The molecule has 1 saturated heterocycles. The van der Waals surface area contributed by atoms with Gasteiger partial charge in [-0.25, -0.2) is 4.98 Å². The van der Waals surface area contributed by atoms with Crippen LogP contribution < -0.4 is 4.74 Å². The number of rotatable bonds is 4. The highest BCUT2D eigenvalue weighted by atomic mass is 32.1. The summed E-state index contributed by atoms with van der Waals surface area (Å²) in [6.45, 7) is 1.91. The zero-order valence-electron chi connectivity index (χ0n) is 13.3. The third-order valence-corrected chi connectivity index (χ3v) is 5.59. The number of hydrogen-bond donors (Lipinski definition) is 0. The maximum absolute atomic E-state index is 12.7. The lowest BCUT2D eigenvalue weighted by Crippen LogP contribution is -2.51. The first-order valence-corrected chi connectivity index (χ1v) is 9.19. The van der Waals surface area contributed by atoms with Gasteiger partial charge in [-0.15, -0.1) is 11.3 Å². The molecule has 1 aliphatic heterocycles. The third kappa shape index (κ3) is 3.16. The Morgan fingerprint density at radius 2 is 2.29 bits per heavy atom. The number of nitrogens with zero attached hydrogens (tertiary/aromatic N) is 2. The zero-order chi connectivity index (χ0) is 16.4. The molecule has 1 aliphatic carbocycles. The lowest BCUT2D eigenvalue weighted by atomic mass is 10.1. The van der Waals surface area contributed by atoms with Crippen molar-refractivity contribution in [3.05, 3.63) is 46.8 Å². The Morgan fingerprint density at radius 1 is 1.33 bits per heavy atom. The van der Waals surface area contributed by atoms with Crippen molar-refractivity contribution in [1.82, 2.24) is 9.88 Å². The molecule has 4 rings (SSSR count). The molecule has 0 aromatic carbocycles. The van der Waals surface area contributed by atoms with Crippen molar-refractivity contribution in [2.24, 2.45) is 5.92 Å². The van der Waals surface area contributed by atoms with Gasteiger partial charge in [-0.2, -0.15) is 0 Å². The molecule has 0 spiro atoms. The largest absolute Gasteiger partial charge is 0.477 e. The Labute approximate surface area is 145 Å². The van der Waals surface area contributed by atoms with E-state index in [4.69, 9.17) is 9.47 Å². The second-order valence-corrected chi connectivity index (χ2v) is 7.22. The minimum Gasteiger partial charge on any atom is -0.477 e. The highest BCUT2D eigenvalue weighted by molar-refractivity contribution is 7.12. The van der Waals surface area contributed by atoms with Gasteiger partial charge in [-0.1, -0.05) is 12.1 Å². The van der Waals surface area contributed by atoms with E-state index in [0.717, 1.165) is 17.7 Å². The third-order valence-electron chi connectivity index (χ3n) is 4.73. The highest BCUT2D eigenvalue weighted by Gasteiger charge is 2.43. The first kappa shape index (κ1) is 15.6. The molecule has 0 unspecified atom stereocenters. The fourth-order valence-electron chi connectivity index (χ4n) is 3.62. The van der Waals surface area contributed by atoms with Gasteiger partial charge in [0.25, 0.3) is 5.91 Å². The summed E-state index contributed by atoms with van der Waals surface area (Å²) in [6, 6.07) is 9.64. The van der Waals surface area contributed by atoms with Crippen molar-refractivity contribution in [3.63, 3.8) is 0 Å². The average molecular weight is 344 g/mol. The van der Waals surface area contributed by atoms with Crippen LogP contribution in [0.3, 0.4) is 0 Å². The summed E-state index contributed by atoms with van der Waals surface area (Å²) in [7, 11) is 0. The molecule has 0 bridgehead atoms. The molecular weight excluding hydrogens is 324 g/mol. The molecule has 1 saturated carbocycles. The van der Waals surface area contributed by atoms with E-state index in [1.807, 2.05) is 40.6 Å². The van der Waals surface area contributed by atoms with E-state index in [1.165, 1.54) is 11.3 Å². The number of fused-ring (bicyclic) bond motifs is 1. The van der Waals surface area contributed by atoms with Crippen molar-refractivity contribution < 1.29 is 14.3 Å². The fourth-order valence-corrected chi connectivity index (χ4v) is 4.30.